The van der Waals surface area contributed by atoms with E-state index in [1.165, 1.54) is 0 Å². The molecule has 2 aromatic rings. The van der Waals surface area contributed by atoms with Gasteiger partial charge in [-0.2, -0.15) is 0 Å². The zero-order chi connectivity index (χ0) is 21.7. The Hall–Kier alpha value is -3.19. The molecule has 1 fully saturated rings. The van der Waals surface area contributed by atoms with Gasteiger partial charge >= 0.3 is 11.8 Å². The fourth-order valence-electron chi connectivity index (χ4n) is 3.64. The number of anilines is 1. The molecule has 2 aromatic carbocycles. The maximum absolute atomic E-state index is 12.5. The van der Waals surface area contributed by atoms with E-state index in [0.717, 1.165) is 22.3 Å². The first-order chi connectivity index (χ1) is 14.3. The van der Waals surface area contributed by atoms with Gasteiger partial charge < -0.3 is 20.3 Å². The molecule has 1 saturated heterocycles. The van der Waals surface area contributed by atoms with Crippen molar-refractivity contribution in [3.8, 4) is 0 Å². The molecule has 3 amide bonds. The van der Waals surface area contributed by atoms with Crippen LogP contribution in [0.3, 0.4) is 0 Å². The number of nitrogens with one attached hydrogen (secondary N) is 2. The second kappa shape index (κ2) is 9.54. The average Bonchev–Trinajstić information content (AvgIpc) is 2.74. The van der Waals surface area contributed by atoms with Crippen LogP contribution in [0.2, 0.25) is 0 Å². The van der Waals surface area contributed by atoms with Gasteiger partial charge in [-0.05, 0) is 37.5 Å². The Morgan fingerprint density at radius 1 is 1.03 bits per heavy atom. The molecule has 0 saturated carbocycles. The molecular formula is C23H27N3O4. The topological polar surface area (TPSA) is 87.7 Å². The lowest BCUT2D eigenvalue weighted by Crippen LogP contribution is -2.48. The largest absolute Gasteiger partial charge is 0.370 e. The predicted octanol–water partition coefficient (Wildman–Crippen LogP) is 2.27. The summed E-state index contributed by atoms with van der Waals surface area (Å²) in [7, 11) is 0. The van der Waals surface area contributed by atoms with Crippen LogP contribution < -0.4 is 10.6 Å². The number of hydrogen-bond acceptors (Lipinski definition) is 4. The van der Waals surface area contributed by atoms with Crippen molar-refractivity contribution in [2.45, 2.75) is 26.9 Å². The molecule has 1 atom stereocenters. The van der Waals surface area contributed by atoms with Crippen molar-refractivity contribution in [2.24, 2.45) is 0 Å². The average molecular weight is 409 g/mol. The van der Waals surface area contributed by atoms with Crippen LogP contribution in [0.15, 0.2) is 42.5 Å². The lowest BCUT2D eigenvalue weighted by atomic mass is 10.1. The molecule has 158 valence electrons. The highest BCUT2D eigenvalue weighted by atomic mass is 16.5. The maximum Gasteiger partial charge on any atom is 0.313 e. The molecule has 0 bridgehead atoms. The van der Waals surface area contributed by atoms with Crippen LogP contribution >= 0.6 is 0 Å². The molecule has 0 aromatic heterocycles. The lowest BCUT2D eigenvalue weighted by Gasteiger charge is -2.33. The van der Waals surface area contributed by atoms with Gasteiger partial charge in [-0.3, -0.25) is 14.4 Å². The van der Waals surface area contributed by atoms with Crippen LogP contribution in [0.1, 0.15) is 28.4 Å². The van der Waals surface area contributed by atoms with E-state index < -0.39 is 11.8 Å². The maximum atomic E-state index is 12.5. The van der Waals surface area contributed by atoms with Crippen LogP contribution in [0, 0.1) is 20.8 Å². The zero-order valence-electron chi connectivity index (χ0n) is 17.5. The van der Waals surface area contributed by atoms with Gasteiger partial charge in [-0.1, -0.05) is 48.0 Å². The van der Waals surface area contributed by atoms with Crippen LogP contribution in [-0.2, 0) is 19.1 Å². The number of benzene rings is 2. The Labute approximate surface area is 176 Å². The van der Waals surface area contributed by atoms with Crippen LogP contribution in [0.5, 0.6) is 0 Å². The number of morpholine rings is 1. The number of nitrogens with zero attached hydrogens (tertiary/aromatic N) is 1. The summed E-state index contributed by atoms with van der Waals surface area (Å²) in [6.45, 7) is 6.76. The van der Waals surface area contributed by atoms with E-state index in [1.807, 2.05) is 63.2 Å². The van der Waals surface area contributed by atoms with Crippen molar-refractivity contribution in [3.63, 3.8) is 0 Å². The first kappa shape index (κ1) is 21.5. The second-order valence-corrected chi connectivity index (χ2v) is 7.52. The van der Waals surface area contributed by atoms with Crippen molar-refractivity contribution in [3.05, 3.63) is 64.7 Å². The second-order valence-electron chi connectivity index (χ2n) is 7.52. The van der Waals surface area contributed by atoms with Gasteiger partial charge in [0.05, 0.1) is 19.7 Å². The first-order valence-electron chi connectivity index (χ1n) is 9.96. The Morgan fingerprint density at radius 2 is 1.70 bits per heavy atom. The smallest absolute Gasteiger partial charge is 0.313 e. The third-order valence-corrected chi connectivity index (χ3v) is 5.11. The van der Waals surface area contributed by atoms with Crippen LogP contribution in [-0.4, -0.2) is 48.9 Å². The molecule has 0 aliphatic carbocycles. The summed E-state index contributed by atoms with van der Waals surface area (Å²) in [5.74, 6) is -1.87. The normalized spacial score (nSPS) is 16.1. The molecule has 7 heteroatoms. The van der Waals surface area contributed by atoms with Gasteiger partial charge in [0.1, 0.15) is 6.10 Å². The number of rotatable bonds is 4. The van der Waals surface area contributed by atoms with Crippen molar-refractivity contribution >= 4 is 23.4 Å². The Bertz CT molecular complexity index is 920. The molecule has 0 spiro atoms. The summed E-state index contributed by atoms with van der Waals surface area (Å²) in [4.78, 5) is 38.6. The Balaban J connectivity index is 1.53. The molecule has 30 heavy (non-hydrogen) atoms. The standard InChI is InChI=1S/C23H27N3O4/c1-15-11-16(2)21(17(3)12-15)25-23(29)22(28)24-13-20(27)26-9-10-30-19(14-26)18-7-5-4-6-8-18/h4-8,11-12,19H,9-10,13-14H2,1-3H3,(H,24,28)(H,25,29). The van der Waals surface area contributed by atoms with Gasteiger partial charge in [0.25, 0.3) is 0 Å². The van der Waals surface area contributed by atoms with Gasteiger partial charge in [0, 0.05) is 12.2 Å². The number of ether oxygens (including phenoxy) is 1. The number of aryl methyl sites for hydroxylation is 3. The van der Waals surface area contributed by atoms with Gasteiger partial charge in [0.2, 0.25) is 5.91 Å². The summed E-state index contributed by atoms with van der Waals surface area (Å²) >= 11 is 0. The highest BCUT2D eigenvalue weighted by Crippen LogP contribution is 2.22. The fourth-order valence-corrected chi connectivity index (χ4v) is 3.64. The van der Waals surface area contributed by atoms with E-state index in [-0.39, 0.29) is 18.6 Å². The highest BCUT2D eigenvalue weighted by Gasteiger charge is 2.26. The predicted molar refractivity (Wildman–Crippen MR) is 114 cm³/mol. The van der Waals surface area contributed by atoms with Crippen molar-refractivity contribution < 1.29 is 19.1 Å². The summed E-state index contributed by atoms with van der Waals surface area (Å²) < 4.78 is 5.76. The Kier molecular flexibility index (Phi) is 6.84. The molecule has 1 aliphatic heterocycles. The van der Waals surface area contributed by atoms with Gasteiger partial charge in [-0.15, -0.1) is 0 Å². The van der Waals surface area contributed by atoms with E-state index in [2.05, 4.69) is 10.6 Å². The SMILES string of the molecule is Cc1cc(C)c(NC(=O)C(=O)NCC(=O)N2CCOC(c3ccccc3)C2)c(C)c1. The Morgan fingerprint density at radius 3 is 2.37 bits per heavy atom. The monoisotopic (exact) mass is 409 g/mol. The molecule has 3 rings (SSSR count). The van der Waals surface area contributed by atoms with Gasteiger partial charge in [-0.25, -0.2) is 0 Å². The minimum Gasteiger partial charge on any atom is -0.370 e. The summed E-state index contributed by atoms with van der Waals surface area (Å²) in [5, 5.41) is 5.06. The minimum absolute atomic E-state index is 0.199. The minimum atomic E-state index is -0.837. The summed E-state index contributed by atoms with van der Waals surface area (Å²) in [5.41, 5.74) is 4.46. The van der Waals surface area contributed by atoms with E-state index in [4.69, 9.17) is 4.74 Å². The lowest BCUT2D eigenvalue weighted by molar-refractivity contribution is -0.141. The summed E-state index contributed by atoms with van der Waals surface area (Å²) in [6, 6.07) is 13.6. The van der Waals surface area contributed by atoms with Crippen molar-refractivity contribution in [1.29, 1.82) is 0 Å². The van der Waals surface area contributed by atoms with Crippen molar-refractivity contribution in [1.82, 2.24) is 10.2 Å². The third kappa shape index (κ3) is 5.24. The van der Waals surface area contributed by atoms with Crippen LogP contribution in [0.4, 0.5) is 5.69 Å². The van der Waals surface area contributed by atoms with E-state index in [1.54, 1.807) is 4.90 Å². The molecule has 1 aliphatic rings. The number of amides is 3. The van der Waals surface area contributed by atoms with Gasteiger partial charge in [0.15, 0.2) is 0 Å². The molecule has 7 nitrogen and oxygen atoms in total. The molecule has 0 radical (unpaired) electrons. The summed E-state index contributed by atoms with van der Waals surface area (Å²) in [6.07, 6.45) is -0.199. The number of carbonyl (C=O) groups excluding carboxylic acids is 3. The van der Waals surface area contributed by atoms with Crippen LogP contribution in [0.25, 0.3) is 0 Å². The molecule has 2 N–H and O–H groups in total. The van der Waals surface area contributed by atoms with E-state index in [9.17, 15) is 14.4 Å². The molecular weight excluding hydrogens is 382 g/mol. The zero-order valence-corrected chi connectivity index (χ0v) is 17.5. The van der Waals surface area contributed by atoms with Crippen molar-refractivity contribution in [2.75, 3.05) is 31.6 Å². The number of hydrogen-bond donors (Lipinski definition) is 2. The molecule has 1 heterocycles. The highest BCUT2D eigenvalue weighted by molar-refractivity contribution is 6.40. The third-order valence-electron chi connectivity index (χ3n) is 5.11. The number of carbonyl (C=O) groups is 3. The van der Waals surface area contributed by atoms with E-state index >= 15 is 0 Å². The quantitative estimate of drug-likeness (QED) is 0.759. The first-order valence-corrected chi connectivity index (χ1v) is 9.96. The van der Waals surface area contributed by atoms with E-state index in [0.29, 0.717) is 25.4 Å². The molecule has 1 unspecified atom stereocenters. The fraction of sp³-hybridized carbons (Fsp3) is 0.348.